The van der Waals surface area contributed by atoms with Crippen LogP contribution in [-0.4, -0.2) is 35.1 Å². The molecule has 2 aromatic rings. The number of anilines is 1. The number of likely N-dealkylation sites (N-methyl/N-ethyl adjacent to an activating group) is 1. The summed E-state index contributed by atoms with van der Waals surface area (Å²) in [6.45, 7) is 7.52. The van der Waals surface area contributed by atoms with Crippen molar-refractivity contribution in [3.8, 4) is 0 Å². The summed E-state index contributed by atoms with van der Waals surface area (Å²) in [7, 11) is 1.84. The van der Waals surface area contributed by atoms with Gasteiger partial charge in [0.15, 0.2) is 0 Å². The fourth-order valence-electron chi connectivity index (χ4n) is 2.11. The maximum absolute atomic E-state index is 12.1. The highest BCUT2D eigenvalue weighted by atomic mass is 16.5. The number of carbonyl (C=O) groups is 1. The molecular formula is C16H21N3O2. The predicted molar refractivity (Wildman–Crippen MR) is 83.4 cm³/mol. The lowest BCUT2D eigenvalue weighted by atomic mass is 10.1. The monoisotopic (exact) mass is 287 g/mol. The van der Waals surface area contributed by atoms with Crippen molar-refractivity contribution < 1.29 is 9.53 Å². The Labute approximate surface area is 125 Å². The third kappa shape index (κ3) is 3.29. The number of aromatic nitrogens is 2. The number of ether oxygens (including phenoxy) is 1. The highest BCUT2D eigenvalue weighted by Crippen LogP contribution is 2.24. The van der Waals surface area contributed by atoms with E-state index in [1.807, 2.05) is 57.8 Å². The molecule has 1 aromatic heterocycles. The normalized spacial score (nSPS) is 12.5. The third-order valence-corrected chi connectivity index (χ3v) is 3.38. The van der Waals surface area contributed by atoms with Crippen molar-refractivity contribution in [2.24, 2.45) is 0 Å². The molecule has 0 N–H and O–H groups in total. The topological polar surface area (TPSA) is 55.3 Å². The molecule has 1 atom stereocenters. The summed E-state index contributed by atoms with van der Waals surface area (Å²) < 4.78 is 5.27. The zero-order chi connectivity index (χ0) is 15.6. The van der Waals surface area contributed by atoms with Crippen LogP contribution >= 0.6 is 0 Å². The van der Waals surface area contributed by atoms with Crippen LogP contribution in [0.1, 0.15) is 26.3 Å². The molecule has 0 radical (unpaired) electrons. The summed E-state index contributed by atoms with van der Waals surface area (Å²) in [5.74, 6) is 0.476. The average Bonchev–Trinajstić information content (AvgIpc) is 2.44. The van der Waals surface area contributed by atoms with Gasteiger partial charge in [-0.1, -0.05) is 11.6 Å². The van der Waals surface area contributed by atoms with E-state index < -0.39 is 6.04 Å². The van der Waals surface area contributed by atoms with Crippen LogP contribution in [0.15, 0.2) is 24.5 Å². The van der Waals surface area contributed by atoms with E-state index in [0.717, 1.165) is 22.3 Å². The average molecular weight is 287 g/mol. The summed E-state index contributed by atoms with van der Waals surface area (Å²) in [4.78, 5) is 22.5. The quantitative estimate of drug-likeness (QED) is 0.809. The van der Waals surface area contributed by atoms with Crippen LogP contribution in [0.25, 0.3) is 10.9 Å². The molecule has 0 aliphatic heterocycles. The second kappa shape index (κ2) is 6.08. The first-order valence-corrected chi connectivity index (χ1v) is 7.05. The zero-order valence-electron chi connectivity index (χ0n) is 13.1. The number of carbonyl (C=O) groups excluding carboxylic acids is 1. The molecule has 0 aliphatic carbocycles. The highest BCUT2D eigenvalue weighted by molar-refractivity contribution is 5.91. The number of esters is 1. The number of nitrogens with zero attached hydrogens (tertiary/aromatic N) is 3. The highest BCUT2D eigenvalue weighted by Gasteiger charge is 2.23. The molecule has 0 fully saturated rings. The lowest BCUT2D eigenvalue weighted by Crippen LogP contribution is -2.38. The molecule has 0 saturated carbocycles. The molecule has 0 spiro atoms. The van der Waals surface area contributed by atoms with Gasteiger partial charge in [-0.2, -0.15) is 0 Å². The molecule has 1 unspecified atom stereocenters. The van der Waals surface area contributed by atoms with Crippen molar-refractivity contribution in [3.05, 3.63) is 30.1 Å². The standard InChI is InChI=1S/C16H21N3O2/c1-10(2)21-16(20)12(4)19(5)15-13-8-11(3)6-7-14(13)17-9-18-15/h6-10,12H,1-5H3. The molecule has 5 nitrogen and oxygen atoms in total. The van der Waals surface area contributed by atoms with Crippen LogP contribution in [0.5, 0.6) is 0 Å². The van der Waals surface area contributed by atoms with Crippen LogP contribution in [0, 0.1) is 6.92 Å². The number of benzene rings is 1. The van der Waals surface area contributed by atoms with Gasteiger partial charge in [0.2, 0.25) is 0 Å². The molecule has 5 heteroatoms. The van der Waals surface area contributed by atoms with Gasteiger partial charge in [-0.15, -0.1) is 0 Å². The fourth-order valence-corrected chi connectivity index (χ4v) is 2.11. The second-order valence-electron chi connectivity index (χ2n) is 5.49. The van der Waals surface area contributed by atoms with E-state index in [2.05, 4.69) is 9.97 Å². The van der Waals surface area contributed by atoms with E-state index in [9.17, 15) is 4.79 Å². The van der Waals surface area contributed by atoms with Gasteiger partial charge in [0.25, 0.3) is 0 Å². The Hall–Kier alpha value is -2.17. The van der Waals surface area contributed by atoms with E-state index in [1.165, 1.54) is 6.33 Å². The molecule has 0 aliphatic rings. The van der Waals surface area contributed by atoms with Gasteiger partial charge < -0.3 is 9.64 Å². The van der Waals surface area contributed by atoms with Gasteiger partial charge in [-0.25, -0.2) is 14.8 Å². The maximum Gasteiger partial charge on any atom is 0.328 e. The van der Waals surface area contributed by atoms with Gasteiger partial charge >= 0.3 is 5.97 Å². The largest absolute Gasteiger partial charge is 0.461 e. The SMILES string of the molecule is Cc1ccc2ncnc(N(C)C(C)C(=O)OC(C)C)c2c1. The van der Waals surface area contributed by atoms with E-state index >= 15 is 0 Å². The van der Waals surface area contributed by atoms with Crippen LogP contribution in [0.3, 0.4) is 0 Å². The van der Waals surface area contributed by atoms with E-state index in [-0.39, 0.29) is 12.1 Å². The minimum Gasteiger partial charge on any atom is -0.461 e. The van der Waals surface area contributed by atoms with Crippen LogP contribution in [0.2, 0.25) is 0 Å². The van der Waals surface area contributed by atoms with Crippen molar-refractivity contribution in [2.45, 2.75) is 39.8 Å². The number of rotatable bonds is 4. The van der Waals surface area contributed by atoms with Crippen LogP contribution in [-0.2, 0) is 9.53 Å². The number of fused-ring (bicyclic) bond motifs is 1. The molecule has 0 saturated heterocycles. The summed E-state index contributed by atoms with van der Waals surface area (Å²) in [6, 6.07) is 5.59. The minimum atomic E-state index is -0.411. The first-order valence-electron chi connectivity index (χ1n) is 7.05. The number of aryl methyl sites for hydroxylation is 1. The predicted octanol–water partition coefficient (Wildman–Crippen LogP) is 2.71. The van der Waals surface area contributed by atoms with Gasteiger partial charge in [0, 0.05) is 12.4 Å². The smallest absolute Gasteiger partial charge is 0.328 e. The van der Waals surface area contributed by atoms with Crippen LogP contribution < -0.4 is 4.90 Å². The first kappa shape index (κ1) is 15.2. The van der Waals surface area contributed by atoms with Crippen molar-refractivity contribution in [1.82, 2.24) is 9.97 Å². The molecule has 2 rings (SSSR count). The fraction of sp³-hybridized carbons (Fsp3) is 0.438. The summed E-state index contributed by atoms with van der Waals surface area (Å²) in [5, 5.41) is 0.934. The Morgan fingerprint density at radius 2 is 1.95 bits per heavy atom. The zero-order valence-corrected chi connectivity index (χ0v) is 13.1. The molecule has 1 heterocycles. The van der Waals surface area contributed by atoms with Gasteiger partial charge in [0.1, 0.15) is 18.2 Å². The van der Waals surface area contributed by atoms with Gasteiger partial charge in [-0.05, 0) is 39.8 Å². The summed E-state index contributed by atoms with van der Waals surface area (Å²) in [6.07, 6.45) is 1.39. The van der Waals surface area contributed by atoms with Crippen molar-refractivity contribution in [2.75, 3.05) is 11.9 Å². The first-order chi connectivity index (χ1) is 9.90. The molecule has 0 amide bonds. The molecule has 21 heavy (non-hydrogen) atoms. The lowest BCUT2D eigenvalue weighted by molar-refractivity contribution is -0.148. The number of hydrogen-bond acceptors (Lipinski definition) is 5. The Morgan fingerprint density at radius 1 is 1.24 bits per heavy atom. The van der Waals surface area contributed by atoms with E-state index in [0.29, 0.717) is 0 Å². The number of hydrogen-bond donors (Lipinski definition) is 0. The third-order valence-electron chi connectivity index (χ3n) is 3.38. The van der Waals surface area contributed by atoms with Gasteiger partial charge in [-0.3, -0.25) is 0 Å². The Kier molecular flexibility index (Phi) is 4.40. The van der Waals surface area contributed by atoms with Gasteiger partial charge in [0.05, 0.1) is 11.6 Å². The van der Waals surface area contributed by atoms with Crippen molar-refractivity contribution >= 4 is 22.7 Å². The Morgan fingerprint density at radius 3 is 2.62 bits per heavy atom. The lowest BCUT2D eigenvalue weighted by Gasteiger charge is -2.26. The maximum atomic E-state index is 12.1. The van der Waals surface area contributed by atoms with E-state index in [1.54, 1.807) is 0 Å². The minimum absolute atomic E-state index is 0.127. The second-order valence-corrected chi connectivity index (χ2v) is 5.49. The summed E-state index contributed by atoms with van der Waals surface area (Å²) >= 11 is 0. The van der Waals surface area contributed by atoms with Crippen molar-refractivity contribution in [1.29, 1.82) is 0 Å². The molecule has 0 bridgehead atoms. The Bertz CT molecular complexity index is 655. The van der Waals surface area contributed by atoms with Crippen LogP contribution in [0.4, 0.5) is 5.82 Å². The molecular weight excluding hydrogens is 266 g/mol. The summed E-state index contributed by atoms with van der Waals surface area (Å²) in [5.41, 5.74) is 1.99. The molecule has 112 valence electrons. The van der Waals surface area contributed by atoms with E-state index in [4.69, 9.17) is 4.74 Å². The molecule has 1 aromatic carbocycles. The Balaban J connectivity index is 2.37. The van der Waals surface area contributed by atoms with Crippen molar-refractivity contribution in [3.63, 3.8) is 0 Å².